The monoisotopic (exact) mass is 331 g/mol. The Labute approximate surface area is 117 Å². The van der Waals surface area contributed by atoms with Crippen molar-refractivity contribution in [3.63, 3.8) is 0 Å². The van der Waals surface area contributed by atoms with Gasteiger partial charge in [-0.2, -0.15) is 13.2 Å². The lowest BCUT2D eigenvalue weighted by Gasteiger charge is -2.09. The van der Waals surface area contributed by atoms with Crippen LogP contribution in [0.1, 0.15) is 12.0 Å². The van der Waals surface area contributed by atoms with E-state index >= 15 is 0 Å². The third-order valence-electron chi connectivity index (χ3n) is 2.36. The maximum atomic E-state index is 12.5. The summed E-state index contributed by atoms with van der Waals surface area (Å²) in [5, 5.41) is 10.8. The second-order valence-corrected chi connectivity index (χ2v) is 6.25. The number of benzene rings is 1. The van der Waals surface area contributed by atoms with E-state index in [0.29, 0.717) is 12.1 Å². The molecule has 0 aromatic heterocycles. The molecule has 0 amide bonds. The number of hydrogen-bond acceptors (Lipinski definition) is 4. The fourth-order valence-corrected chi connectivity index (χ4v) is 3.22. The average Bonchev–Trinajstić information content (AvgIpc) is 2.34. The molecule has 112 valence electrons. The Morgan fingerprint density at radius 2 is 1.90 bits per heavy atom. The van der Waals surface area contributed by atoms with Gasteiger partial charge in [0.05, 0.1) is 16.2 Å². The van der Waals surface area contributed by atoms with Crippen molar-refractivity contribution < 1.29 is 26.5 Å². The number of nitro groups is 1. The maximum Gasteiger partial charge on any atom is 0.416 e. The Morgan fingerprint density at radius 3 is 2.35 bits per heavy atom. The summed E-state index contributed by atoms with van der Waals surface area (Å²) in [6.45, 7) is 0. The summed E-state index contributed by atoms with van der Waals surface area (Å²) >= 11 is 5.34. The number of hydrogen-bond donors (Lipinski definition) is 0. The molecule has 0 aliphatic carbocycles. The van der Waals surface area contributed by atoms with Crippen LogP contribution in [0.2, 0.25) is 0 Å². The number of nitro benzene ring substituents is 1. The largest absolute Gasteiger partial charge is 0.416 e. The predicted molar refractivity (Wildman–Crippen MR) is 65.5 cm³/mol. The van der Waals surface area contributed by atoms with Crippen molar-refractivity contribution in [3.05, 3.63) is 33.9 Å². The molecule has 0 N–H and O–H groups in total. The summed E-state index contributed by atoms with van der Waals surface area (Å²) in [4.78, 5) is 8.88. The lowest BCUT2D eigenvalue weighted by atomic mass is 10.2. The molecule has 0 fully saturated rings. The Morgan fingerprint density at radius 1 is 1.30 bits per heavy atom. The van der Waals surface area contributed by atoms with Crippen LogP contribution in [-0.4, -0.2) is 25.0 Å². The zero-order valence-corrected chi connectivity index (χ0v) is 11.4. The number of sulfone groups is 1. The van der Waals surface area contributed by atoms with Gasteiger partial charge in [-0.1, -0.05) is 0 Å². The van der Waals surface area contributed by atoms with Crippen LogP contribution in [0.4, 0.5) is 18.9 Å². The van der Waals surface area contributed by atoms with Crippen molar-refractivity contribution in [2.45, 2.75) is 17.5 Å². The molecule has 0 aliphatic rings. The molecule has 0 atom stereocenters. The van der Waals surface area contributed by atoms with E-state index in [1.807, 2.05) is 0 Å². The van der Waals surface area contributed by atoms with Gasteiger partial charge < -0.3 is 0 Å². The van der Waals surface area contributed by atoms with Gasteiger partial charge in [0.2, 0.25) is 0 Å². The average molecular weight is 332 g/mol. The molecule has 5 nitrogen and oxygen atoms in total. The minimum atomic E-state index is -4.79. The molecule has 0 unspecified atom stereocenters. The first-order valence-electron chi connectivity index (χ1n) is 5.24. The molecule has 1 aromatic rings. The molecule has 0 spiro atoms. The van der Waals surface area contributed by atoms with Crippen molar-refractivity contribution >= 4 is 27.1 Å². The van der Waals surface area contributed by atoms with Crippen molar-refractivity contribution in [1.29, 1.82) is 0 Å². The highest BCUT2D eigenvalue weighted by Crippen LogP contribution is 2.34. The van der Waals surface area contributed by atoms with Crippen LogP contribution in [0.15, 0.2) is 23.1 Å². The summed E-state index contributed by atoms with van der Waals surface area (Å²) in [7, 11) is -4.05. The summed E-state index contributed by atoms with van der Waals surface area (Å²) in [6, 6.07) is 1.32. The van der Waals surface area contributed by atoms with E-state index in [1.165, 1.54) is 0 Å². The third-order valence-corrected chi connectivity index (χ3v) is 4.47. The van der Waals surface area contributed by atoms with Crippen LogP contribution in [0, 0.1) is 10.1 Å². The molecule has 0 aliphatic heterocycles. The Hall–Kier alpha value is -1.35. The first-order chi connectivity index (χ1) is 9.09. The number of halogens is 4. The van der Waals surface area contributed by atoms with E-state index in [-0.39, 0.29) is 18.4 Å². The topological polar surface area (TPSA) is 77.3 Å². The van der Waals surface area contributed by atoms with Gasteiger partial charge in [0.25, 0.3) is 5.69 Å². The number of alkyl halides is 4. The Balaban J connectivity index is 3.39. The lowest BCUT2D eigenvalue weighted by molar-refractivity contribution is -0.388. The first-order valence-corrected chi connectivity index (χ1v) is 7.42. The summed E-state index contributed by atoms with van der Waals surface area (Å²) in [5.41, 5.74) is -2.37. The van der Waals surface area contributed by atoms with Gasteiger partial charge in [-0.05, 0) is 18.6 Å². The van der Waals surface area contributed by atoms with Crippen molar-refractivity contribution in [2.75, 3.05) is 11.6 Å². The first kappa shape index (κ1) is 16.7. The normalized spacial score (nSPS) is 12.4. The van der Waals surface area contributed by atoms with Crippen LogP contribution in [0.25, 0.3) is 0 Å². The SMILES string of the molecule is O=[N+]([O-])c1cc(C(F)(F)F)ccc1S(=O)(=O)CCCCl. The fraction of sp³-hybridized carbons (Fsp3) is 0.400. The summed E-state index contributed by atoms with van der Waals surface area (Å²) in [5.74, 6) is -0.448. The summed E-state index contributed by atoms with van der Waals surface area (Å²) < 4.78 is 61.1. The molecule has 10 heteroatoms. The Bertz CT molecular complexity index is 615. The minimum absolute atomic E-state index is 0.0215. The van der Waals surface area contributed by atoms with E-state index in [4.69, 9.17) is 11.6 Å². The highest BCUT2D eigenvalue weighted by Gasteiger charge is 2.35. The molecular formula is C10H9ClF3NO4S. The molecule has 0 saturated carbocycles. The summed E-state index contributed by atoms with van der Waals surface area (Å²) in [6.07, 6.45) is -4.74. The number of rotatable bonds is 5. The lowest BCUT2D eigenvalue weighted by Crippen LogP contribution is -2.12. The smallest absolute Gasteiger partial charge is 0.258 e. The van der Waals surface area contributed by atoms with E-state index in [1.54, 1.807) is 0 Å². The van der Waals surface area contributed by atoms with Crippen LogP contribution >= 0.6 is 11.6 Å². The quantitative estimate of drug-likeness (QED) is 0.472. The molecule has 0 heterocycles. The predicted octanol–water partition coefficient (Wildman–Crippen LogP) is 3.02. The zero-order valence-electron chi connectivity index (χ0n) is 9.85. The van der Waals surface area contributed by atoms with Gasteiger partial charge in [-0.25, -0.2) is 8.42 Å². The second-order valence-electron chi connectivity index (χ2n) is 3.80. The van der Waals surface area contributed by atoms with Crippen LogP contribution in [0.3, 0.4) is 0 Å². The zero-order chi connectivity index (χ0) is 15.6. The van der Waals surface area contributed by atoms with Gasteiger partial charge in [0.15, 0.2) is 9.84 Å². The third kappa shape index (κ3) is 3.83. The molecular weight excluding hydrogens is 323 g/mol. The van der Waals surface area contributed by atoms with E-state index in [0.717, 1.165) is 0 Å². The Kier molecular flexibility index (Phi) is 4.98. The molecule has 0 bridgehead atoms. The minimum Gasteiger partial charge on any atom is -0.258 e. The van der Waals surface area contributed by atoms with Crippen LogP contribution in [0.5, 0.6) is 0 Å². The molecule has 0 saturated heterocycles. The highest BCUT2D eigenvalue weighted by molar-refractivity contribution is 7.91. The van der Waals surface area contributed by atoms with Gasteiger partial charge >= 0.3 is 6.18 Å². The maximum absolute atomic E-state index is 12.5. The van der Waals surface area contributed by atoms with E-state index in [9.17, 15) is 31.7 Å². The molecule has 20 heavy (non-hydrogen) atoms. The van der Waals surface area contributed by atoms with Crippen molar-refractivity contribution in [1.82, 2.24) is 0 Å². The molecule has 1 rings (SSSR count). The van der Waals surface area contributed by atoms with Gasteiger partial charge in [0, 0.05) is 11.9 Å². The van der Waals surface area contributed by atoms with Crippen LogP contribution in [-0.2, 0) is 16.0 Å². The van der Waals surface area contributed by atoms with Crippen LogP contribution < -0.4 is 0 Å². The van der Waals surface area contributed by atoms with Gasteiger partial charge in [-0.15, -0.1) is 11.6 Å². The number of nitrogens with zero attached hydrogens (tertiary/aromatic N) is 1. The van der Waals surface area contributed by atoms with Gasteiger partial charge in [0.1, 0.15) is 4.90 Å². The molecule has 1 aromatic carbocycles. The molecule has 0 radical (unpaired) electrons. The standard InChI is InChI=1S/C10H9ClF3NO4S/c11-4-1-5-20(18,19)9-3-2-7(10(12,13)14)6-8(9)15(16)17/h2-3,6H,1,4-5H2. The highest BCUT2D eigenvalue weighted by atomic mass is 35.5. The van der Waals surface area contributed by atoms with E-state index < -0.39 is 42.8 Å². The second kappa shape index (κ2) is 5.96. The van der Waals surface area contributed by atoms with Crippen molar-refractivity contribution in [2.24, 2.45) is 0 Å². The fourth-order valence-electron chi connectivity index (χ4n) is 1.45. The van der Waals surface area contributed by atoms with E-state index in [2.05, 4.69) is 0 Å². The van der Waals surface area contributed by atoms with Gasteiger partial charge in [-0.3, -0.25) is 10.1 Å². The van der Waals surface area contributed by atoms with Crippen molar-refractivity contribution in [3.8, 4) is 0 Å².